The van der Waals surface area contributed by atoms with Crippen molar-refractivity contribution in [1.29, 1.82) is 0 Å². The molecule has 1 aromatic carbocycles. The molecule has 2 fully saturated rings. The van der Waals surface area contributed by atoms with Crippen molar-refractivity contribution in [3.8, 4) is 11.5 Å². The summed E-state index contributed by atoms with van der Waals surface area (Å²) in [5.74, 6) is 1.28. The summed E-state index contributed by atoms with van der Waals surface area (Å²) in [7, 11) is 0. The van der Waals surface area contributed by atoms with E-state index in [2.05, 4.69) is 5.32 Å². The van der Waals surface area contributed by atoms with Gasteiger partial charge >= 0.3 is 6.03 Å². The van der Waals surface area contributed by atoms with Gasteiger partial charge in [-0.1, -0.05) is 6.07 Å². The van der Waals surface area contributed by atoms with Crippen LogP contribution in [-0.2, 0) is 9.59 Å². The van der Waals surface area contributed by atoms with Crippen LogP contribution in [0.5, 0.6) is 11.5 Å². The third-order valence-electron chi connectivity index (χ3n) is 5.74. The fourth-order valence-corrected chi connectivity index (χ4v) is 4.23. The number of benzene rings is 1. The van der Waals surface area contributed by atoms with Gasteiger partial charge in [0.1, 0.15) is 18.8 Å². The van der Waals surface area contributed by atoms with Crippen LogP contribution in [0, 0.1) is 0 Å². The van der Waals surface area contributed by atoms with Gasteiger partial charge in [-0.3, -0.25) is 14.5 Å². The van der Waals surface area contributed by atoms with Crippen LogP contribution in [0.15, 0.2) is 18.2 Å². The third kappa shape index (κ3) is 3.75. The van der Waals surface area contributed by atoms with Gasteiger partial charge in [-0.25, -0.2) is 4.79 Å². The molecule has 0 bridgehead atoms. The van der Waals surface area contributed by atoms with Gasteiger partial charge < -0.3 is 19.7 Å². The smallest absolute Gasteiger partial charge is 0.325 e. The average molecular weight is 401 g/mol. The van der Waals surface area contributed by atoms with E-state index in [1.807, 2.05) is 23.1 Å². The Morgan fingerprint density at radius 2 is 1.97 bits per heavy atom. The Bertz CT molecular complexity index is 838. The van der Waals surface area contributed by atoms with Crippen LogP contribution in [0.25, 0.3) is 0 Å². The monoisotopic (exact) mass is 401 g/mol. The maximum absolute atomic E-state index is 12.8. The van der Waals surface area contributed by atoms with E-state index in [0.29, 0.717) is 32.6 Å². The molecule has 1 atom stereocenters. The minimum absolute atomic E-state index is 0.0222. The molecule has 1 N–H and O–H groups in total. The van der Waals surface area contributed by atoms with E-state index in [0.717, 1.165) is 29.9 Å². The van der Waals surface area contributed by atoms with Gasteiger partial charge in [0.25, 0.3) is 5.91 Å². The van der Waals surface area contributed by atoms with E-state index in [1.165, 1.54) is 4.90 Å². The number of hydrogen-bond donors (Lipinski definition) is 1. The predicted molar refractivity (Wildman–Crippen MR) is 105 cm³/mol. The van der Waals surface area contributed by atoms with Crippen LogP contribution in [0.4, 0.5) is 4.79 Å². The number of amides is 4. The molecule has 1 unspecified atom stereocenters. The summed E-state index contributed by atoms with van der Waals surface area (Å²) in [6.45, 7) is 5.41. The molecule has 8 heteroatoms. The minimum Gasteiger partial charge on any atom is -0.486 e. The molecule has 0 aromatic heterocycles. The molecular formula is C21H27N3O5. The number of carbonyl (C=O) groups excluding carboxylic acids is 3. The summed E-state index contributed by atoms with van der Waals surface area (Å²) in [5, 5.41) is 2.66. The van der Waals surface area contributed by atoms with Crippen molar-refractivity contribution in [2.45, 2.75) is 51.1 Å². The molecule has 1 aromatic rings. The van der Waals surface area contributed by atoms with Crippen molar-refractivity contribution in [3.05, 3.63) is 23.8 Å². The van der Waals surface area contributed by atoms with Crippen LogP contribution in [0.1, 0.15) is 51.1 Å². The van der Waals surface area contributed by atoms with Crippen molar-refractivity contribution in [3.63, 3.8) is 0 Å². The fraction of sp³-hybridized carbons (Fsp3) is 0.571. The lowest BCUT2D eigenvalue weighted by atomic mass is 10.0. The number of hydrogen-bond acceptors (Lipinski definition) is 5. The van der Waals surface area contributed by atoms with Crippen molar-refractivity contribution in [1.82, 2.24) is 15.1 Å². The molecule has 29 heavy (non-hydrogen) atoms. The topological polar surface area (TPSA) is 88.2 Å². The Morgan fingerprint density at radius 3 is 2.69 bits per heavy atom. The summed E-state index contributed by atoms with van der Waals surface area (Å²) in [6.07, 6.45) is 2.62. The average Bonchev–Trinajstić information content (AvgIpc) is 3.26. The SMILES string of the molecule is CC1(C)NC(=O)N(CCCC(=O)N2CCCC2c2ccc3c(c2)OCCO3)C1=O. The molecule has 3 heterocycles. The number of ether oxygens (including phenoxy) is 2. The number of carbonyl (C=O) groups is 3. The van der Waals surface area contributed by atoms with Gasteiger partial charge in [-0.2, -0.15) is 0 Å². The number of nitrogens with one attached hydrogen (secondary N) is 1. The second kappa shape index (κ2) is 7.57. The third-order valence-corrected chi connectivity index (χ3v) is 5.74. The van der Waals surface area contributed by atoms with Gasteiger partial charge in [0, 0.05) is 19.5 Å². The van der Waals surface area contributed by atoms with Crippen LogP contribution in [-0.4, -0.2) is 59.5 Å². The first-order chi connectivity index (χ1) is 13.9. The lowest BCUT2D eigenvalue weighted by Crippen LogP contribution is -2.40. The summed E-state index contributed by atoms with van der Waals surface area (Å²) >= 11 is 0. The molecule has 0 radical (unpaired) electrons. The van der Waals surface area contributed by atoms with E-state index in [-0.39, 0.29) is 30.4 Å². The van der Waals surface area contributed by atoms with Gasteiger partial charge in [-0.15, -0.1) is 0 Å². The number of urea groups is 1. The number of fused-ring (bicyclic) bond motifs is 1. The van der Waals surface area contributed by atoms with Crippen molar-refractivity contribution >= 4 is 17.8 Å². The Labute approximate surface area is 170 Å². The van der Waals surface area contributed by atoms with Gasteiger partial charge in [0.15, 0.2) is 11.5 Å². The summed E-state index contributed by atoms with van der Waals surface area (Å²) in [5.41, 5.74) is 0.176. The molecule has 4 amide bonds. The number of likely N-dealkylation sites (tertiary alicyclic amines) is 1. The molecular weight excluding hydrogens is 374 g/mol. The minimum atomic E-state index is -0.876. The highest BCUT2D eigenvalue weighted by Crippen LogP contribution is 2.38. The summed E-state index contributed by atoms with van der Waals surface area (Å²) in [6, 6.07) is 5.51. The first-order valence-corrected chi connectivity index (χ1v) is 10.2. The molecule has 3 aliphatic rings. The highest BCUT2D eigenvalue weighted by Gasteiger charge is 2.43. The van der Waals surface area contributed by atoms with Crippen LogP contribution in [0.2, 0.25) is 0 Å². The van der Waals surface area contributed by atoms with Crippen LogP contribution >= 0.6 is 0 Å². The number of imide groups is 1. The first kappa shape index (κ1) is 19.5. The lowest BCUT2D eigenvalue weighted by Gasteiger charge is -2.27. The molecule has 4 rings (SSSR count). The van der Waals surface area contributed by atoms with Gasteiger partial charge in [0.05, 0.1) is 6.04 Å². The summed E-state index contributed by atoms with van der Waals surface area (Å²) in [4.78, 5) is 40.2. The largest absolute Gasteiger partial charge is 0.486 e. The Hall–Kier alpha value is -2.77. The fourth-order valence-electron chi connectivity index (χ4n) is 4.23. The van der Waals surface area contributed by atoms with Crippen LogP contribution < -0.4 is 14.8 Å². The second-order valence-corrected chi connectivity index (χ2v) is 8.26. The van der Waals surface area contributed by atoms with Crippen molar-refractivity contribution < 1.29 is 23.9 Å². The molecule has 156 valence electrons. The van der Waals surface area contributed by atoms with Crippen LogP contribution in [0.3, 0.4) is 0 Å². The Kier molecular flexibility index (Phi) is 5.10. The number of nitrogens with zero attached hydrogens (tertiary/aromatic N) is 2. The van der Waals surface area contributed by atoms with E-state index < -0.39 is 5.54 Å². The van der Waals surface area contributed by atoms with Crippen molar-refractivity contribution in [2.24, 2.45) is 0 Å². The second-order valence-electron chi connectivity index (χ2n) is 8.26. The quantitative estimate of drug-likeness (QED) is 0.765. The normalized spacial score (nSPS) is 22.8. The van der Waals surface area contributed by atoms with Crippen molar-refractivity contribution in [2.75, 3.05) is 26.3 Å². The van der Waals surface area contributed by atoms with Gasteiger partial charge in [0.2, 0.25) is 5.91 Å². The zero-order valence-electron chi connectivity index (χ0n) is 16.9. The Balaban J connectivity index is 1.36. The Morgan fingerprint density at radius 1 is 1.21 bits per heavy atom. The zero-order valence-corrected chi connectivity index (χ0v) is 16.9. The molecule has 8 nitrogen and oxygen atoms in total. The molecule has 2 saturated heterocycles. The highest BCUT2D eigenvalue weighted by molar-refractivity contribution is 6.06. The standard InChI is InChI=1S/C21H27N3O5/c1-21(2)19(26)24(20(27)22-21)10-4-6-18(25)23-9-3-5-15(23)14-7-8-16-17(13-14)29-12-11-28-16/h7-8,13,15H,3-6,9-12H2,1-2H3,(H,22,27). The number of rotatable bonds is 5. The zero-order chi connectivity index (χ0) is 20.6. The highest BCUT2D eigenvalue weighted by atomic mass is 16.6. The van der Waals surface area contributed by atoms with E-state index >= 15 is 0 Å². The maximum Gasteiger partial charge on any atom is 0.325 e. The molecule has 0 aliphatic carbocycles. The van der Waals surface area contributed by atoms with E-state index in [1.54, 1.807) is 13.8 Å². The molecule has 0 spiro atoms. The van der Waals surface area contributed by atoms with Gasteiger partial charge in [-0.05, 0) is 50.8 Å². The van der Waals surface area contributed by atoms with E-state index in [9.17, 15) is 14.4 Å². The first-order valence-electron chi connectivity index (χ1n) is 10.2. The maximum atomic E-state index is 12.8. The molecule has 0 saturated carbocycles. The molecule has 3 aliphatic heterocycles. The lowest BCUT2D eigenvalue weighted by molar-refractivity contribution is -0.133. The summed E-state index contributed by atoms with van der Waals surface area (Å²) < 4.78 is 11.3. The predicted octanol–water partition coefficient (Wildman–Crippen LogP) is 2.23. The van der Waals surface area contributed by atoms with E-state index in [4.69, 9.17) is 9.47 Å².